The molecule has 0 amide bonds. The third-order valence-electron chi connectivity index (χ3n) is 2.13. The minimum atomic E-state index is -1.08. The van der Waals surface area contributed by atoms with E-state index in [2.05, 4.69) is 59.9 Å². The zero-order valence-corrected chi connectivity index (χ0v) is 10.7. The van der Waals surface area contributed by atoms with E-state index in [1.165, 1.54) is 5.56 Å². The molecule has 0 bridgehead atoms. The van der Waals surface area contributed by atoms with E-state index in [9.17, 15) is 0 Å². The van der Waals surface area contributed by atoms with E-state index in [1.54, 1.807) is 0 Å². The molecule has 0 unspecified atom stereocenters. The summed E-state index contributed by atoms with van der Waals surface area (Å²) in [4.78, 5) is 6.99. The van der Waals surface area contributed by atoms with Crippen LogP contribution in [0.2, 0.25) is 0 Å². The average molecular weight is 220 g/mol. The molecule has 0 saturated carbocycles. The molecule has 2 nitrogen and oxygen atoms in total. The van der Waals surface area contributed by atoms with Gasteiger partial charge in [0.05, 0.1) is 0 Å². The molecule has 15 heavy (non-hydrogen) atoms. The Morgan fingerprint density at radius 3 is 2.20 bits per heavy atom. The van der Waals surface area contributed by atoms with Gasteiger partial charge in [-0.1, -0.05) is 56.0 Å². The van der Waals surface area contributed by atoms with Gasteiger partial charge < -0.3 is 9.96 Å². The molecular weight excluding hydrogens is 200 g/mol. The lowest BCUT2D eigenvalue weighted by Gasteiger charge is -2.11. The Hall–Kier alpha value is -0.903. The predicted molar refractivity (Wildman–Crippen MR) is 70.0 cm³/mol. The monoisotopic (exact) mass is 220 g/mol. The van der Waals surface area contributed by atoms with E-state index < -0.39 is 9.12 Å². The fourth-order valence-corrected chi connectivity index (χ4v) is 3.13. The number of nitrogens with one attached hydrogen (secondary N) is 2. The van der Waals surface area contributed by atoms with Crippen molar-refractivity contribution in [2.75, 3.05) is 13.1 Å². The third-order valence-corrected chi connectivity index (χ3v) is 4.40. The summed E-state index contributed by atoms with van der Waals surface area (Å²) >= 11 is 0. The van der Waals surface area contributed by atoms with E-state index in [-0.39, 0.29) is 0 Å². The van der Waals surface area contributed by atoms with Crippen LogP contribution in [-0.2, 0) is 0 Å². The molecule has 0 radical (unpaired) electrons. The van der Waals surface area contributed by atoms with Crippen molar-refractivity contribution in [1.82, 2.24) is 9.96 Å². The SMILES string of the molecule is CCN[SiH](C=Cc1ccccc1)NCC. The summed E-state index contributed by atoms with van der Waals surface area (Å²) in [6, 6.07) is 10.4. The maximum atomic E-state index is 3.49. The first kappa shape index (κ1) is 12.2. The molecule has 0 heterocycles. The second kappa shape index (κ2) is 7.40. The van der Waals surface area contributed by atoms with Crippen molar-refractivity contribution in [2.24, 2.45) is 0 Å². The first-order valence-corrected chi connectivity index (χ1v) is 7.39. The highest BCUT2D eigenvalue weighted by Gasteiger charge is 2.01. The Bertz CT molecular complexity index is 279. The second-order valence-electron chi connectivity index (χ2n) is 3.36. The van der Waals surface area contributed by atoms with Crippen molar-refractivity contribution >= 4 is 15.2 Å². The first-order chi connectivity index (χ1) is 7.36. The van der Waals surface area contributed by atoms with Gasteiger partial charge in [-0.2, -0.15) is 0 Å². The summed E-state index contributed by atoms with van der Waals surface area (Å²) in [7, 11) is -1.08. The van der Waals surface area contributed by atoms with Crippen LogP contribution in [0.4, 0.5) is 0 Å². The zero-order chi connectivity index (χ0) is 10.9. The van der Waals surface area contributed by atoms with Gasteiger partial charge in [-0.3, -0.25) is 0 Å². The Labute approximate surface area is 94.2 Å². The topological polar surface area (TPSA) is 24.1 Å². The van der Waals surface area contributed by atoms with E-state index >= 15 is 0 Å². The molecular formula is C12H20N2Si. The summed E-state index contributed by atoms with van der Waals surface area (Å²) in [5.41, 5.74) is 3.56. The average Bonchev–Trinajstić information content (AvgIpc) is 2.28. The minimum Gasteiger partial charge on any atom is -0.325 e. The van der Waals surface area contributed by atoms with Gasteiger partial charge in [0.15, 0.2) is 0 Å². The Balaban J connectivity index is 2.53. The summed E-state index contributed by atoms with van der Waals surface area (Å²) in [6.45, 7) is 6.35. The lowest BCUT2D eigenvalue weighted by molar-refractivity contribution is 0.906. The molecule has 0 saturated heterocycles. The molecule has 2 N–H and O–H groups in total. The third kappa shape index (κ3) is 4.92. The van der Waals surface area contributed by atoms with E-state index in [4.69, 9.17) is 0 Å². The highest BCUT2D eigenvalue weighted by atomic mass is 28.3. The van der Waals surface area contributed by atoms with E-state index in [0.717, 1.165) is 13.1 Å². The zero-order valence-electron chi connectivity index (χ0n) is 9.53. The van der Waals surface area contributed by atoms with Gasteiger partial charge >= 0.3 is 0 Å². The maximum Gasteiger partial charge on any atom is 0.210 e. The Morgan fingerprint density at radius 1 is 1.07 bits per heavy atom. The molecule has 0 aliphatic heterocycles. The quantitative estimate of drug-likeness (QED) is 0.713. The van der Waals surface area contributed by atoms with Crippen LogP contribution in [0.5, 0.6) is 0 Å². The van der Waals surface area contributed by atoms with Crippen LogP contribution in [0, 0.1) is 0 Å². The summed E-state index contributed by atoms with van der Waals surface area (Å²) in [6.07, 6.45) is 2.20. The molecule has 0 aliphatic carbocycles. The van der Waals surface area contributed by atoms with Crippen LogP contribution >= 0.6 is 0 Å². The molecule has 1 rings (SSSR count). The number of hydrogen-bond acceptors (Lipinski definition) is 2. The van der Waals surface area contributed by atoms with Crippen LogP contribution in [0.25, 0.3) is 6.08 Å². The van der Waals surface area contributed by atoms with Crippen LogP contribution in [0.15, 0.2) is 36.0 Å². The van der Waals surface area contributed by atoms with Gasteiger partial charge in [-0.15, -0.1) is 0 Å². The molecule has 0 spiro atoms. The maximum absolute atomic E-state index is 3.49. The molecule has 1 aromatic rings. The fraction of sp³-hybridized carbons (Fsp3) is 0.333. The molecule has 0 aromatic heterocycles. The molecule has 0 fully saturated rings. The van der Waals surface area contributed by atoms with Gasteiger partial charge in [0.1, 0.15) is 0 Å². The normalized spacial score (nSPS) is 11.4. The van der Waals surface area contributed by atoms with Crippen molar-refractivity contribution in [3.05, 3.63) is 41.6 Å². The highest BCUT2D eigenvalue weighted by molar-refractivity contribution is 6.59. The van der Waals surface area contributed by atoms with Crippen molar-refractivity contribution in [1.29, 1.82) is 0 Å². The van der Waals surface area contributed by atoms with Gasteiger partial charge in [0.25, 0.3) is 0 Å². The van der Waals surface area contributed by atoms with Gasteiger partial charge in [-0.05, 0) is 18.7 Å². The van der Waals surface area contributed by atoms with Crippen LogP contribution in [0.3, 0.4) is 0 Å². The first-order valence-electron chi connectivity index (χ1n) is 5.56. The number of benzene rings is 1. The Kier molecular flexibility index (Phi) is 6.00. The van der Waals surface area contributed by atoms with Gasteiger partial charge in [0.2, 0.25) is 9.12 Å². The van der Waals surface area contributed by atoms with E-state index in [1.807, 2.05) is 6.07 Å². The largest absolute Gasteiger partial charge is 0.325 e. The van der Waals surface area contributed by atoms with Crippen LogP contribution in [0.1, 0.15) is 19.4 Å². The summed E-state index contributed by atoms with van der Waals surface area (Å²) < 4.78 is 0. The lowest BCUT2D eigenvalue weighted by Crippen LogP contribution is -2.45. The van der Waals surface area contributed by atoms with Crippen LogP contribution < -0.4 is 9.96 Å². The van der Waals surface area contributed by atoms with Crippen molar-refractivity contribution < 1.29 is 0 Å². The Morgan fingerprint density at radius 2 is 1.67 bits per heavy atom. The molecule has 1 aromatic carbocycles. The van der Waals surface area contributed by atoms with E-state index in [0.29, 0.717) is 0 Å². The standard InChI is InChI=1S/C12H20N2Si/c1-3-13-15(14-4-2)11-10-12-8-6-5-7-9-12/h5-11,13-15H,3-4H2,1-2H3. The summed E-state index contributed by atoms with van der Waals surface area (Å²) in [5, 5.41) is 0. The summed E-state index contributed by atoms with van der Waals surface area (Å²) in [5.74, 6) is 0. The van der Waals surface area contributed by atoms with Crippen molar-refractivity contribution in [3.63, 3.8) is 0 Å². The van der Waals surface area contributed by atoms with Crippen molar-refractivity contribution in [2.45, 2.75) is 13.8 Å². The smallest absolute Gasteiger partial charge is 0.210 e. The van der Waals surface area contributed by atoms with Crippen molar-refractivity contribution in [3.8, 4) is 0 Å². The predicted octanol–water partition coefficient (Wildman–Crippen LogP) is 1.68. The lowest BCUT2D eigenvalue weighted by atomic mass is 10.2. The molecule has 0 atom stereocenters. The number of rotatable bonds is 6. The fourth-order valence-electron chi connectivity index (χ4n) is 1.42. The number of hydrogen-bond donors (Lipinski definition) is 2. The van der Waals surface area contributed by atoms with Crippen LogP contribution in [-0.4, -0.2) is 22.2 Å². The minimum absolute atomic E-state index is 1.03. The molecule has 3 heteroatoms. The van der Waals surface area contributed by atoms with Gasteiger partial charge in [-0.25, -0.2) is 0 Å². The molecule has 0 aliphatic rings. The highest BCUT2D eigenvalue weighted by Crippen LogP contribution is 2.00. The van der Waals surface area contributed by atoms with Gasteiger partial charge in [0, 0.05) is 0 Å². The second-order valence-corrected chi connectivity index (χ2v) is 5.52. The molecule has 82 valence electrons.